The van der Waals surface area contributed by atoms with Crippen molar-refractivity contribution < 1.29 is 19.7 Å². The average Bonchev–Trinajstić information content (AvgIpc) is 3.44. The maximum atomic E-state index is 10.6. The standard InChI is InChI=1S/C17H21N7O4/c25-12-13(26)17(28-14(12)10-1-4-21-23-10)24-8-20-11-15(18-7-19-16(11)24)22-9-2-5-27-6-3-9/h1,4,7-9,12-14,17,25-26H,2-3,5-6H2,(H,21,23)(H,18,19,22)/t12-,13+,14-,17-/m1/s1. The summed E-state index contributed by atoms with van der Waals surface area (Å²) in [7, 11) is 0. The number of rotatable bonds is 4. The maximum Gasteiger partial charge on any atom is 0.167 e. The first-order valence-electron chi connectivity index (χ1n) is 9.25. The molecule has 0 aromatic carbocycles. The van der Waals surface area contributed by atoms with E-state index in [2.05, 4.69) is 30.5 Å². The topological polar surface area (TPSA) is 143 Å². The Labute approximate surface area is 159 Å². The first-order chi connectivity index (χ1) is 13.7. The zero-order valence-corrected chi connectivity index (χ0v) is 15.0. The average molecular weight is 387 g/mol. The number of hydrogen-bond donors (Lipinski definition) is 4. The fourth-order valence-electron chi connectivity index (χ4n) is 3.75. The van der Waals surface area contributed by atoms with E-state index in [0.717, 1.165) is 26.1 Å². The normalized spacial score (nSPS) is 28.8. The molecule has 0 radical (unpaired) electrons. The van der Waals surface area contributed by atoms with Gasteiger partial charge in [0.2, 0.25) is 0 Å². The Bertz CT molecular complexity index is 940. The molecule has 2 aliphatic rings. The molecular formula is C17H21N7O4. The van der Waals surface area contributed by atoms with Crippen molar-refractivity contribution in [3.05, 3.63) is 30.6 Å². The van der Waals surface area contributed by atoms with Gasteiger partial charge in [-0.15, -0.1) is 0 Å². The highest BCUT2D eigenvalue weighted by Crippen LogP contribution is 2.39. The first kappa shape index (κ1) is 17.5. The molecule has 2 saturated heterocycles. The molecule has 148 valence electrons. The Morgan fingerprint density at radius 1 is 1.14 bits per heavy atom. The van der Waals surface area contributed by atoms with Crippen molar-refractivity contribution >= 4 is 17.0 Å². The van der Waals surface area contributed by atoms with Crippen molar-refractivity contribution in [2.75, 3.05) is 18.5 Å². The van der Waals surface area contributed by atoms with Crippen molar-refractivity contribution in [3.63, 3.8) is 0 Å². The molecule has 5 rings (SSSR count). The maximum absolute atomic E-state index is 10.6. The summed E-state index contributed by atoms with van der Waals surface area (Å²) in [6, 6.07) is 1.96. The highest BCUT2D eigenvalue weighted by molar-refractivity contribution is 5.82. The monoisotopic (exact) mass is 387 g/mol. The quantitative estimate of drug-likeness (QED) is 0.491. The third-order valence-corrected chi connectivity index (χ3v) is 5.26. The summed E-state index contributed by atoms with van der Waals surface area (Å²) < 4.78 is 12.9. The molecule has 4 atom stereocenters. The molecule has 2 aliphatic heterocycles. The second kappa shape index (κ2) is 7.09. The lowest BCUT2D eigenvalue weighted by atomic mass is 10.1. The highest BCUT2D eigenvalue weighted by atomic mass is 16.6. The van der Waals surface area contributed by atoms with Crippen LogP contribution in [0.2, 0.25) is 0 Å². The Morgan fingerprint density at radius 3 is 2.79 bits per heavy atom. The van der Waals surface area contributed by atoms with Gasteiger partial charge in [-0.2, -0.15) is 5.10 Å². The molecule has 0 amide bonds. The molecule has 0 saturated carbocycles. The first-order valence-corrected chi connectivity index (χ1v) is 9.25. The van der Waals surface area contributed by atoms with Crippen LogP contribution < -0.4 is 5.32 Å². The van der Waals surface area contributed by atoms with Crippen molar-refractivity contribution in [3.8, 4) is 0 Å². The Hall–Kier alpha value is -2.60. The summed E-state index contributed by atoms with van der Waals surface area (Å²) >= 11 is 0. The van der Waals surface area contributed by atoms with Crippen LogP contribution in [0.3, 0.4) is 0 Å². The molecule has 28 heavy (non-hydrogen) atoms. The minimum atomic E-state index is -1.15. The van der Waals surface area contributed by atoms with Gasteiger partial charge in [0, 0.05) is 25.5 Å². The Balaban J connectivity index is 1.44. The van der Waals surface area contributed by atoms with E-state index in [0.29, 0.717) is 22.7 Å². The van der Waals surface area contributed by atoms with Gasteiger partial charge in [-0.1, -0.05) is 0 Å². The molecule has 0 unspecified atom stereocenters. The van der Waals surface area contributed by atoms with Crippen LogP contribution in [0.5, 0.6) is 0 Å². The number of aromatic amines is 1. The van der Waals surface area contributed by atoms with Gasteiger partial charge in [0.05, 0.1) is 12.0 Å². The van der Waals surface area contributed by atoms with E-state index in [1.807, 2.05) is 0 Å². The van der Waals surface area contributed by atoms with Crippen molar-refractivity contribution in [1.82, 2.24) is 29.7 Å². The fourth-order valence-corrected chi connectivity index (χ4v) is 3.75. The minimum Gasteiger partial charge on any atom is -0.387 e. The van der Waals surface area contributed by atoms with Crippen LogP contribution in [0.25, 0.3) is 11.2 Å². The molecular weight excluding hydrogens is 366 g/mol. The smallest absolute Gasteiger partial charge is 0.167 e. The number of fused-ring (bicyclic) bond motifs is 1. The van der Waals surface area contributed by atoms with Gasteiger partial charge in [-0.3, -0.25) is 9.67 Å². The molecule has 0 bridgehead atoms. The number of aromatic nitrogens is 6. The van der Waals surface area contributed by atoms with Crippen molar-refractivity contribution in [2.45, 2.75) is 43.4 Å². The Kier molecular flexibility index (Phi) is 4.43. The number of imidazole rings is 1. The van der Waals surface area contributed by atoms with Crippen LogP contribution in [-0.2, 0) is 9.47 Å². The van der Waals surface area contributed by atoms with Crippen LogP contribution in [0, 0.1) is 0 Å². The van der Waals surface area contributed by atoms with E-state index in [9.17, 15) is 10.2 Å². The molecule has 2 fully saturated rings. The number of nitrogens with zero attached hydrogens (tertiary/aromatic N) is 5. The predicted octanol–water partition coefficient (Wildman–Crippen LogP) is 0.132. The highest BCUT2D eigenvalue weighted by Gasteiger charge is 2.45. The molecule has 0 spiro atoms. The number of hydrogen-bond acceptors (Lipinski definition) is 9. The molecule has 5 heterocycles. The van der Waals surface area contributed by atoms with Gasteiger partial charge in [0.25, 0.3) is 0 Å². The molecule has 0 aliphatic carbocycles. The van der Waals surface area contributed by atoms with E-state index in [-0.39, 0.29) is 6.04 Å². The van der Waals surface area contributed by atoms with Gasteiger partial charge < -0.3 is 25.0 Å². The van der Waals surface area contributed by atoms with Crippen LogP contribution in [0.4, 0.5) is 5.82 Å². The van der Waals surface area contributed by atoms with Crippen molar-refractivity contribution in [2.24, 2.45) is 0 Å². The fraction of sp³-hybridized carbons (Fsp3) is 0.529. The van der Waals surface area contributed by atoms with E-state index >= 15 is 0 Å². The second-order valence-electron chi connectivity index (χ2n) is 7.02. The summed E-state index contributed by atoms with van der Waals surface area (Å²) in [5.74, 6) is 0.633. The SMILES string of the molecule is O[C@@H]1[C@H](O)[C@H](n2cnc3c(NC4CCOCC4)ncnc32)O[C@@H]1c1ccn[nH]1. The number of H-pyrrole nitrogens is 1. The summed E-state index contributed by atoms with van der Waals surface area (Å²) in [4.78, 5) is 13.1. The number of aliphatic hydroxyl groups excluding tert-OH is 2. The predicted molar refractivity (Wildman–Crippen MR) is 96.3 cm³/mol. The van der Waals surface area contributed by atoms with Gasteiger partial charge >= 0.3 is 0 Å². The van der Waals surface area contributed by atoms with Gasteiger partial charge in [0.15, 0.2) is 23.2 Å². The molecule has 3 aromatic heterocycles. The number of nitrogens with one attached hydrogen (secondary N) is 2. The van der Waals surface area contributed by atoms with Crippen molar-refractivity contribution in [1.29, 1.82) is 0 Å². The lowest BCUT2D eigenvalue weighted by Crippen LogP contribution is -2.29. The number of aliphatic hydroxyl groups is 2. The van der Waals surface area contributed by atoms with Gasteiger partial charge in [-0.05, 0) is 18.9 Å². The van der Waals surface area contributed by atoms with E-state index in [1.165, 1.54) is 6.33 Å². The Morgan fingerprint density at radius 2 is 2.00 bits per heavy atom. The summed E-state index contributed by atoms with van der Waals surface area (Å²) in [5.41, 5.74) is 1.70. The molecule has 4 N–H and O–H groups in total. The summed E-state index contributed by atoms with van der Waals surface area (Å²) in [6.07, 6.45) is 2.55. The third kappa shape index (κ3) is 2.92. The number of ether oxygens (including phenoxy) is 2. The zero-order valence-electron chi connectivity index (χ0n) is 15.0. The minimum absolute atomic E-state index is 0.261. The molecule has 11 heteroatoms. The van der Waals surface area contributed by atoms with Crippen LogP contribution in [0.1, 0.15) is 30.9 Å². The zero-order chi connectivity index (χ0) is 19.1. The van der Waals surface area contributed by atoms with E-state index in [4.69, 9.17) is 9.47 Å². The molecule has 11 nitrogen and oxygen atoms in total. The van der Waals surface area contributed by atoms with E-state index in [1.54, 1.807) is 23.2 Å². The number of anilines is 1. The summed E-state index contributed by atoms with van der Waals surface area (Å²) in [6.45, 7) is 1.44. The second-order valence-corrected chi connectivity index (χ2v) is 7.02. The van der Waals surface area contributed by atoms with Gasteiger partial charge in [0.1, 0.15) is 24.6 Å². The lowest BCUT2D eigenvalue weighted by molar-refractivity contribution is -0.0370. The third-order valence-electron chi connectivity index (χ3n) is 5.26. The van der Waals surface area contributed by atoms with Gasteiger partial charge in [-0.25, -0.2) is 15.0 Å². The molecule has 3 aromatic rings. The van der Waals surface area contributed by atoms with Crippen LogP contribution >= 0.6 is 0 Å². The van der Waals surface area contributed by atoms with E-state index < -0.39 is 24.5 Å². The lowest BCUT2D eigenvalue weighted by Gasteiger charge is -2.23. The van der Waals surface area contributed by atoms with Crippen LogP contribution in [-0.4, -0.2) is 71.4 Å². The van der Waals surface area contributed by atoms with Crippen LogP contribution in [0.15, 0.2) is 24.9 Å². The largest absolute Gasteiger partial charge is 0.387 e. The summed E-state index contributed by atoms with van der Waals surface area (Å²) in [5, 5.41) is 31.0.